The minimum absolute atomic E-state index is 0.0237. The maximum Gasteiger partial charge on any atom is 0.313 e. The molecule has 0 aliphatic carbocycles. The normalized spacial score (nSPS) is 31.8. The SMILES string of the molecule is C=CCOC(=O)[C@H]1[C@H]2C(=O)N(CCCCO)C(C(=O)N(CC=C)c3ccccc3Cl)C23CC(C)[C@]1(C)O3. The second-order valence-electron chi connectivity index (χ2n) is 10.3. The molecule has 8 nitrogen and oxygen atoms in total. The van der Waals surface area contributed by atoms with Gasteiger partial charge in [-0.2, -0.15) is 0 Å². The average Bonchev–Trinajstić information content (AvgIpc) is 3.38. The summed E-state index contributed by atoms with van der Waals surface area (Å²) in [7, 11) is 0. The fourth-order valence-corrected chi connectivity index (χ4v) is 6.73. The molecule has 1 N–H and O–H groups in total. The van der Waals surface area contributed by atoms with Gasteiger partial charge < -0.3 is 24.4 Å². The van der Waals surface area contributed by atoms with Crippen LogP contribution < -0.4 is 4.90 Å². The number of para-hydroxylation sites is 1. The molecule has 6 atom stereocenters. The van der Waals surface area contributed by atoms with Crippen molar-refractivity contribution in [2.75, 3.05) is 31.2 Å². The van der Waals surface area contributed by atoms with E-state index in [1.807, 2.05) is 13.8 Å². The summed E-state index contributed by atoms with van der Waals surface area (Å²) in [4.78, 5) is 44.8. The number of carbonyl (C=O) groups excluding carboxylic acids is 3. The average molecular weight is 531 g/mol. The van der Waals surface area contributed by atoms with Gasteiger partial charge in [0.05, 0.1) is 22.2 Å². The van der Waals surface area contributed by atoms with Crippen molar-refractivity contribution in [3.05, 3.63) is 54.6 Å². The van der Waals surface area contributed by atoms with Crippen LogP contribution in [0.25, 0.3) is 0 Å². The van der Waals surface area contributed by atoms with Gasteiger partial charge in [0.25, 0.3) is 5.91 Å². The van der Waals surface area contributed by atoms with Crippen molar-refractivity contribution in [3.63, 3.8) is 0 Å². The Bertz CT molecular complexity index is 1090. The van der Waals surface area contributed by atoms with E-state index in [9.17, 15) is 19.5 Å². The molecular formula is C28H35ClN2O6. The molecule has 4 rings (SSSR count). The lowest BCUT2D eigenvalue weighted by Crippen LogP contribution is -2.57. The second-order valence-corrected chi connectivity index (χ2v) is 10.7. The fraction of sp³-hybridized carbons (Fsp3) is 0.536. The molecule has 3 aliphatic rings. The van der Waals surface area contributed by atoms with Gasteiger partial charge in [-0.25, -0.2) is 0 Å². The van der Waals surface area contributed by atoms with Crippen molar-refractivity contribution in [1.82, 2.24) is 4.90 Å². The van der Waals surface area contributed by atoms with Crippen LogP contribution in [0.4, 0.5) is 5.69 Å². The number of hydrogen-bond acceptors (Lipinski definition) is 6. The summed E-state index contributed by atoms with van der Waals surface area (Å²) in [6.07, 6.45) is 4.51. The van der Waals surface area contributed by atoms with Gasteiger partial charge in [-0.15, -0.1) is 6.58 Å². The number of aliphatic hydroxyl groups excluding tert-OH is 1. The number of hydrogen-bond donors (Lipinski definition) is 1. The number of carbonyl (C=O) groups is 3. The van der Waals surface area contributed by atoms with Crippen molar-refractivity contribution in [2.24, 2.45) is 17.8 Å². The van der Waals surface area contributed by atoms with Gasteiger partial charge in [-0.3, -0.25) is 14.4 Å². The van der Waals surface area contributed by atoms with Crippen molar-refractivity contribution in [1.29, 1.82) is 0 Å². The predicted molar refractivity (Wildman–Crippen MR) is 140 cm³/mol. The molecule has 200 valence electrons. The summed E-state index contributed by atoms with van der Waals surface area (Å²) in [6.45, 7) is 11.7. The van der Waals surface area contributed by atoms with Crippen molar-refractivity contribution >= 4 is 35.1 Å². The van der Waals surface area contributed by atoms with Crippen molar-refractivity contribution in [2.45, 2.75) is 50.4 Å². The standard InChI is InChI=1S/C28H35ClN2O6/c1-5-13-30(20-12-8-7-11-19(20)29)25(34)23-28-17-18(3)27(4,37-28)22(26(35)36-16-6-2)21(28)24(33)31(23)14-9-10-15-32/h5-8,11-12,18,21-23,32H,1-2,9-10,13-17H2,3-4H3/t18?,21-,22+,23?,27-,28?/m0/s1. The third-order valence-electron chi connectivity index (χ3n) is 8.17. The molecule has 0 saturated carbocycles. The van der Waals surface area contributed by atoms with Gasteiger partial charge in [0, 0.05) is 19.7 Å². The lowest BCUT2D eigenvalue weighted by Gasteiger charge is -2.37. The summed E-state index contributed by atoms with van der Waals surface area (Å²) in [5.41, 5.74) is -1.65. The highest BCUT2D eigenvalue weighted by molar-refractivity contribution is 6.34. The molecule has 0 aromatic heterocycles. The number of aliphatic hydroxyl groups is 1. The number of amides is 2. The smallest absolute Gasteiger partial charge is 0.313 e. The molecule has 1 aromatic carbocycles. The number of rotatable bonds is 11. The van der Waals surface area contributed by atoms with Crippen LogP contribution in [-0.4, -0.2) is 71.3 Å². The Kier molecular flexibility index (Phi) is 7.83. The zero-order valence-corrected chi connectivity index (χ0v) is 22.2. The highest BCUT2D eigenvalue weighted by Gasteiger charge is 2.80. The van der Waals surface area contributed by atoms with Gasteiger partial charge in [0.2, 0.25) is 5.91 Å². The van der Waals surface area contributed by atoms with Gasteiger partial charge in [-0.05, 0) is 44.2 Å². The molecule has 2 amide bonds. The lowest BCUT2D eigenvalue weighted by atomic mass is 9.62. The third kappa shape index (κ3) is 4.29. The van der Waals surface area contributed by atoms with Crippen LogP contribution in [0.3, 0.4) is 0 Å². The molecular weight excluding hydrogens is 496 g/mol. The fourth-order valence-electron chi connectivity index (χ4n) is 6.50. The molecule has 0 radical (unpaired) electrons. The van der Waals surface area contributed by atoms with Crippen LogP contribution in [0.5, 0.6) is 0 Å². The zero-order valence-electron chi connectivity index (χ0n) is 21.4. The van der Waals surface area contributed by atoms with E-state index < -0.39 is 35.0 Å². The number of fused-ring (bicyclic) bond motifs is 1. The molecule has 37 heavy (non-hydrogen) atoms. The molecule has 3 heterocycles. The van der Waals surface area contributed by atoms with E-state index in [1.54, 1.807) is 35.2 Å². The predicted octanol–water partition coefficient (Wildman–Crippen LogP) is 3.37. The summed E-state index contributed by atoms with van der Waals surface area (Å²) < 4.78 is 12.1. The number of halogens is 1. The van der Waals surface area contributed by atoms with Gasteiger partial charge in [-0.1, -0.05) is 49.4 Å². The van der Waals surface area contributed by atoms with Crippen LogP contribution in [0.1, 0.15) is 33.1 Å². The quantitative estimate of drug-likeness (QED) is 0.268. The van der Waals surface area contributed by atoms with Gasteiger partial charge in [0.1, 0.15) is 24.2 Å². The van der Waals surface area contributed by atoms with Crippen molar-refractivity contribution < 1.29 is 29.0 Å². The summed E-state index contributed by atoms with van der Waals surface area (Å²) >= 11 is 6.48. The Balaban J connectivity index is 1.81. The number of nitrogens with zero attached hydrogens (tertiary/aromatic N) is 2. The van der Waals surface area contributed by atoms with Crippen LogP contribution >= 0.6 is 11.6 Å². The molecule has 3 unspecified atom stereocenters. The summed E-state index contributed by atoms with van der Waals surface area (Å²) in [5, 5.41) is 9.75. The van der Waals surface area contributed by atoms with Gasteiger partial charge in [0.15, 0.2) is 0 Å². The van der Waals surface area contributed by atoms with E-state index in [4.69, 9.17) is 21.1 Å². The molecule has 3 saturated heterocycles. The second kappa shape index (κ2) is 10.6. The molecule has 2 bridgehead atoms. The first-order valence-corrected chi connectivity index (χ1v) is 13.1. The highest BCUT2D eigenvalue weighted by atomic mass is 35.5. The number of benzene rings is 1. The Morgan fingerprint density at radius 2 is 2.03 bits per heavy atom. The van der Waals surface area contributed by atoms with E-state index in [0.29, 0.717) is 30.0 Å². The summed E-state index contributed by atoms with van der Waals surface area (Å²) in [5.74, 6) is -2.97. The number of unbranched alkanes of at least 4 members (excludes halogenated alkanes) is 1. The molecule has 9 heteroatoms. The molecule has 1 aromatic rings. The van der Waals surface area contributed by atoms with Gasteiger partial charge >= 0.3 is 5.97 Å². The minimum Gasteiger partial charge on any atom is -0.461 e. The zero-order chi connectivity index (χ0) is 27.0. The Morgan fingerprint density at radius 1 is 1.30 bits per heavy atom. The third-order valence-corrected chi connectivity index (χ3v) is 8.49. The molecule has 1 spiro atoms. The largest absolute Gasteiger partial charge is 0.461 e. The molecule has 3 aliphatic heterocycles. The maximum absolute atomic E-state index is 14.4. The van der Waals surface area contributed by atoms with Crippen LogP contribution in [0, 0.1) is 17.8 Å². The van der Waals surface area contributed by atoms with E-state index in [0.717, 1.165) is 0 Å². The maximum atomic E-state index is 14.4. The van der Waals surface area contributed by atoms with Crippen LogP contribution in [0.15, 0.2) is 49.6 Å². The van der Waals surface area contributed by atoms with E-state index in [-0.39, 0.29) is 44.0 Å². The number of ether oxygens (including phenoxy) is 2. The van der Waals surface area contributed by atoms with E-state index >= 15 is 0 Å². The first-order valence-electron chi connectivity index (χ1n) is 12.7. The lowest BCUT2D eigenvalue weighted by molar-refractivity contribution is -0.160. The topological polar surface area (TPSA) is 96.4 Å². The number of anilines is 1. The first-order chi connectivity index (χ1) is 17.7. The van der Waals surface area contributed by atoms with Crippen LogP contribution in [0.2, 0.25) is 5.02 Å². The minimum atomic E-state index is -1.19. The van der Waals surface area contributed by atoms with E-state index in [1.165, 1.54) is 11.0 Å². The van der Waals surface area contributed by atoms with Crippen LogP contribution in [-0.2, 0) is 23.9 Å². The highest BCUT2D eigenvalue weighted by Crippen LogP contribution is 2.65. The Labute approximate surface area is 222 Å². The van der Waals surface area contributed by atoms with E-state index in [2.05, 4.69) is 13.2 Å². The number of likely N-dealkylation sites (tertiary alicyclic amines) is 1. The van der Waals surface area contributed by atoms with Crippen molar-refractivity contribution in [3.8, 4) is 0 Å². The Morgan fingerprint density at radius 3 is 2.68 bits per heavy atom. The summed E-state index contributed by atoms with van der Waals surface area (Å²) in [6, 6.07) is 6.05. The molecule has 3 fully saturated rings. The monoisotopic (exact) mass is 530 g/mol. The Hall–Kier alpha value is -2.68. The first kappa shape index (κ1) is 27.4. The number of esters is 1.